The van der Waals surface area contributed by atoms with Crippen LogP contribution in [0.4, 0.5) is 0 Å². The van der Waals surface area contributed by atoms with Gasteiger partial charge in [0, 0.05) is 6.54 Å². The number of nitrogens with one attached hydrogen (secondary N) is 1. The molecule has 0 amide bonds. The summed E-state index contributed by atoms with van der Waals surface area (Å²) in [4.78, 5) is 11.0. The summed E-state index contributed by atoms with van der Waals surface area (Å²) in [6.45, 7) is 1.46. The number of benzene rings is 1. The zero-order valence-corrected chi connectivity index (χ0v) is 9.23. The molecule has 2 rings (SSSR count). The molecule has 16 heavy (non-hydrogen) atoms. The van der Waals surface area contributed by atoms with Crippen molar-refractivity contribution in [3.8, 4) is 0 Å². The first-order chi connectivity index (χ1) is 7.77. The molecule has 0 radical (unpaired) electrons. The zero-order chi connectivity index (χ0) is 11.4. The Morgan fingerprint density at radius 2 is 2.06 bits per heavy atom. The molecule has 0 aromatic heterocycles. The maximum absolute atomic E-state index is 11.0. The molecule has 3 heteroatoms. The molecule has 1 saturated heterocycles. The van der Waals surface area contributed by atoms with Crippen LogP contribution in [0.15, 0.2) is 30.3 Å². The molecule has 1 fully saturated rings. The van der Waals surface area contributed by atoms with Crippen LogP contribution in [0.5, 0.6) is 0 Å². The van der Waals surface area contributed by atoms with Crippen molar-refractivity contribution in [2.24, 2.45) is 11.8 Å². The summed E-state index contributed by atoms with van der Waals surface area (Å²) in [7, 11) is 0. The first-order valence-electron chi connectivity index (χ1n) is 5.75. The van der Waals surface area contributed by atoms with Gasteiger partial charge in [0.15, 0.2) is 0 Å². The van der Waals surface area contributed by atoms with Crippen LogP contribution in [0.25, 0.3) is 0 Å². The van der Waals surface area contributed by atoms with Crippen LogP contribution in [0.1, 0.15) is 12.0 Å². The van der Waals surface area contributed by atoms with E-state index in [0.717, 1.165) is 19.4 Å². The standard InChI is InChI=1S/C13H17NO2/c15-13(16)12-9-14-8-11(12)7-6-10-4-2-1-3-5-10/h1-5,11-12,14H,6-9H2,(H,15,16)/t11-,12-/m0/s1. The van der Waals surface area contributed by atoms with Crippen LogP contribution in [-0.4, -0.2) is 24.2 Å². The number of aryl methyl sites for hydroxylation is 1. The molecule has 0 aliphatic carbocycles. The molecule has 1 aliphatic heterocycles. The lowest BCUT2D eigenvalue weighted by molar-refractivity contribution is -0.142. The van der Waals surface area contributed by atoms with Gasteiger partial charge in [0.2, 0.25) is 0 Å². The number of carbonyl (C=O) groups is 1. The lowest BCUT2D eigenvalue weighted by atomic mass is 9.90. The first-order valence-corrected chi connectivity index (χ1v) is 5.75. The second kappa shape index (κ2) is 5.12. The highest BCUT2D eigenvalue weighted by atomic mass is 16.4. The molecule has 1 aliphatic rings. The Bertz CT molecular complexity index is 350. The lowest BCUT2D eigenvalue weighted by Crippen LogP contribution is -2.22. The molecule has 1 heterocycles. The van der Waals surface area contributed by atoms with E-state index in [4.69, 9.17) is 5.11 Å². The maximum Gasteiger partial charge on any atom is 0.308 e. The smallest absolute Gasteiger partial charge is 0.308 e. The third-order valence-electron chi connectivity index (χ3n) is 3.30. The average molecular weight is 219 g/mol. The highest BCUT2D eigenvalue weighted by Gasteiger charge is 2.32. The van der Waals surface area contributed by atoms with Gasteiger partial charge in [-0.15, -0.1) is 0 Å². The van der Waals surface area contributed by atoms with Crippen molar-refractivity contribution in [2.45, 2.75) is 12.8 Å². The van der Waals surface area contributed by atoms with Crippen LogP contribution in [0.2, 0.25) is 0 Å². The van der Waals surface area contributed by atoms with Crippen molar-refractivity contribution in [1.82, 2.24) is 5.32 Å². The third kappa shape index (κ3) is 2.61. The number of hydrogen-bond acceptors (Lipinski definition) is 2. The Hall–Kier alpha value is -1.35. The highest BCUT2D eigenvalue weighted by Crippen LogP contribution is 2.22. The second-order valence-electron chi connectivity index (χ2n) is 4.39. The fourth-order valence-electron chi connectivity index (χ4n) is 2.32. The molecule has 86 valence electrons. The molecule has 1 aromatic rings. The fourth-order valence-corrected chi connectivity index (χ4v) is 2.32. The monoisotopic (exact) mass is 219 g/mol. The van der Waals surface area contributed by atoms with Crippen LogP contribution in [-0.2, 0) is 11.2 Å². The Kier molecular flexibility index (Phi) is 3.57. The van der Waals surface area contributed by atoms with Gasteiger partial charge >= 0.3 is 5.97 Å². The van der Waals surface area contributed by atoms with E-state index >= 15 is 0 Å². The summed E-state index contributed by atoms with van der Waals surface area (Å²) in [5.74, 6) is -0.593. The largest absolute Gasteiger partial charge is 0.481 e. The van der Waals surface area contributed by atoms with Gasteiger partial charge in [-0.2, -0.15) is 0 Å². The quantitative estimate of drug-likeness (QED) is 0.807. The molecule has 0 saturated carbocycles. The first kappa shape index (κ1) is 11.1. The molecular weight excluding hydrogens is 202 g/mol. The molecule has 0 spiro atoms. The van der Waals surface area contributed by atoms with E-state index in [9.17, 15) is 4.79 Å². The van der Waals surface area contributed by atoms with Gasteiger partial charge in [-0.25, -0.2) is 0 Å². The van der Waals surface area contributed by atoms with E-state index in [1.807, 2.05) is 18.2 Å². The van der Waals surface area contributed by atoms with Crippen LogP contribution in [0.3, 0.4) is 0 Å². The topological polar surface area (TPSA) is 49.3 Å². The van der Waals surface area contributed by atoms with Crippen LogP contribution in [0, 0.1) is 11.8 Å². The molecule has 0 unspecified atom stereocenters. The number of hydrogen-bond donors (Lipinski definition) is 2. The maximum atomic E-state index is 11.0. The Morgan fingerprint density at radius 1 is 1.31 bits per heavy atom. The van der Waals surface area contributed by atoms with Crippen molar-refractivity contribution in [2.75, 3.05) is 13.1 Å². The number of carboxylic acid groups (broad SMARTS) is 1. The molecule has 2 atom stereocenters. The summed E-state index contributed by atoms with van der Waals surface area (Å²) in [5, 5.41) is 12.2. The molecule has 2 N–H and O–H groups in total. The Morgan fingerprint density at radius 3 is 2.75 bits per heavy atom. The minimum atomic E-state index is -0.664. The van der Waals surface area contributed by atoms with Gasteiger partial charge in [-0.1, -0.05) is 30.3 Å². The summed E-state index contributed by atoms with van der Waals surface area (Å²) in [6, 6.07) is 10.2. The van der Waals surface area contributed by atoms with Crippen molar-refractivity contribution in [3.63, 3.8) is 0 Å². The van der Waals surface area contributed by atoms with Crippen molar-refractivity contribution < 1.29 is 9.90 Å². The van der Waals surface area contributed by atoms with Gasteiger partial charge in [0.05, 0.1) is 5.92 Å². The minimum absolute atomic E-state index is 0.205. The minimum Gasteiger partial charge on any atom is -0.481 e. The van der Waals surface area contributed by atoms with Crippen molar-refractivity contribution in [3.05, 3.63) is 35.9 Å². The predicted molar refractivity (Wildman–Crippen MR) is 62.2 cm³/mol. The molecular formula is C13H17NO2. The average Bonchev–Trinajstić information content (AvgIpc) is 2.76. The van der Waals surface area contributed by atoms with E-state index in [0.29, 0.717) is 6.54 Å². The highest BCUT2D eigenvalue weighted by molar-refractivity contribution is 5.71. The van der Waals surface area contributed by atoms with Gasteiger partial charge in [0.1, 0.15) is 0 Å². The van der Waals surface area contributed by atoms with Crippen LogP contribution < -0.4 is 5.32 Å². The van der Waals surface area contributed by atoms with Gasteiger partial charge in [-0.05, 0) is 30.9 Å². The van der Waals surface area contributed by atoms with Crippen molar-refractivity contribution in [1.29, 1.82) is 0 Å². The fraction of sp³-hybridized carbons (Fsp3) is 0.462. The lowest BCUT2D eigenvalue weighted by Gasteiger charge is -2.14. The molecule has 3 nitrogen and oxygen atoms in total. The second-order valence-corrected chi connectivity index (χ2v) is 4.39. The van der Waals surface area contributed by atoms with Crippen LogP contribution >= 0.6 is 0 Å². The predicted octanol–water partition coefficient (Wildman–Crippen LogP) is 1.54. The number of rotatable bonds is 4. The van der Waals surface area contributed by atoms with Gasteiger partial charge in [0.25, 0.3) is 0 Å². The molecule has 0 bridgehead atoms. The SMILES string of the molecule is O=C(O)[C@H]1CNC[C@@H]1CCc1ccccc1. The zero-order valence-electron chi connectivity index (χ0n) is 9.23. The van der Waals surface area contributed by atoms with E-state index < -0.39 is 5.97 Å². The Balaban J connectivity index is 1.88. The van der Waals surface area contributed by atoms with Crippen molar-refractivity contribution >= 4 is 5.97 Å². The summed E-state index contributed by atoms with van der Waals surface area (Å²) >= 11 is 0. The van der Waals surface area contributed by atoms with E-state index in [2.05, 4.69) is 17.4 Å². The van der Waals surface area contributed by atoms with E-state index in [1.165, 1.54) is 5.56 Å². The summed E-state index contributed by atoms with van der Waals surface area (Å²) in [6.07, 6.45) is 1.92. The van der Waals surface area contributed by atoms with Gasteiger partial charge in [-0.3, -0.25) is 4.79 Å². The summed E-state index contributed by atoms with van der Waals surface area (Å²) < 4.78 is 0. The van der Waals surface area contributed by atoms with Gasteiger partial charge < -0.3 is 10.4 Å². The van der Waals surface area contributed by atoms with E-state index in [-0.39, 0.29) is 11.8 Å². The summed E-state index contributed by atoms with van der Waals surface area (Å²) in [5.41, 5.74) is 1.29. The Labute approximate surface area is 95.5 Å². The molecule has 1 aromatic carbocycles. The third-order valence-corrected chi connectivity index (χ3v) is 3.30. The normalized spacial score (nSPS) is 24.5. The number of aliphatic carboxylic acids is 1. The number of carboxylic acids is 1. The van der Waals surface area contributed by atoms with E-state index in [1.54, 1.807) is 0 Å².